The normalized spacial score (nSPS) is 23.7. The molecule has 0 atom stereocenters. The molecule has 4 heteroatoms. The Bertz CT molecular complexity index is 413. The molecule has 1 aliphatic carbocycles. The van der Waals surface area contributed by atoms with E-state index >= 15 is 0 Å². The topological polar surface area (TPSA) is 49.3 Å². The molecule has 0 unspecified atom stereocenters. The van der Waals surface area contributed by atoms with Crippen molar-refractivity contribution in [1.29, 1.82) is 0 Å². The van der Waals surface area contributed by atoms with E-state index < -0.39 is 0 Å². The third-order valence-corrected chi connectivity index (χ3v) is 3.76. The Hall–Kier alpha value is -0.870. The second kappa shape index (κ2) is 4.55. The fourth-order valence-electron chi connectivity index (χ4n) is 1.76. The highest BCUT2D eigenvalue weighted by Crippen LogP contribution is 2.21. The van der Waals surface area contributed by atoms with Gasteiger partial charge in [-0.05, 0) is 43.5 Å². The summed E-state index contributed by atoms with van der Waals surface area (Å²) in [6.45, 7) is 1.95. The lowest BCUT2D eigenvalue weighted by Crippen LogP contribution is -2.46. The first kappa shape index (κ1) is 11.6. The van der Waals surface area contributed by atoms with Crippen molar-refractivity contribution >= 4 is 21.8 Å². The molecule has 0 spiro atoms. The van der Waals surface area contributed by atoms with Crippen LogP contribution in [0.25, 0.3) is 0 Å². The van der Waals surface area contributed by atoms with Crippen molar-refractivity contribution in [2.45, 2.75) is 31.9 Å². The summed E-state index contributed by atoms with van der Waals surface area (Å²) < 4.78 is 1.00. The second-order valence-electron chi connectivity index (χ2n) is 4.26. The molecule has 1 aromatic carbocycles. The molecular formula is C12H14BrNO2. The molecule has 0 heterocycles. The fourth-order valence-corrected chi connectivity index (χ4v) is 2.01. The predicted octanol–water partition coefficient (Wildman–Crippen LogP) is 2.01. The smallest absolute Gasteiger partial charge is 0.251 e. The van der Waals surface area contributed by atoms with Crippen LogP contribution in [0.5, 0.6) is 0 Å². The van der Waals surface area contributed by atoms with Crippen molar-refractivity contribution in [3.63, 3.8) is 0 Å². The zero-order chi connectivity index (χ0) is 11.7. The Morgan fingerprint density at radius 1 is 1.50 bits per heavy atom. The second-order valence-corrected chi connectivity index (χ2v) is 5.11. The summed E-state index contributed by atoms with van der Waals surface area (Å²) in [4.78, 5) is 11.8. The Kier molecular flexibility index (Phi) is 3.30. The Balaban J connectivity index is 2.01. The number of hydrogen-bond acceptors (Lipinski definition) is 2. The molecule has 0 aromatic heterocycles. The van der Waals surface area contributed by atoms with E-state index in [1.807, 2.05) is 19.1 Å². The minimum absolute atomic E-state index is 0.0625. The van der Waals surface area contributed by atoms with Gasteiger partial charge in [0, 0.05) is 16.1 Å². The zero-order valence-corrected chi connectivity index (χ0v) is 10.6. The van der Waals surface area contributed by atoms with Crippen LogP contribution in [0, 0.1) is 6.92 Å². The van der Waals surface area contributed by atoms with Crippen LogP contribution >= 0.6 is 15.9 Å². The molecule has 0 saturated heterocycles. The highest BCUT2D eigenvalue weighted by atomic mass is 79.9. The van der Waals surface area contributed by atoms with E-state index in [9.17, 15) is 4.79 Å². The number of benzene rings is 1. The van der Waals surface area contributed by atoms with Crippen molar-refractivity contribution in [1.82, 2.24) is 5.32 Å². The van der Waals surface area contributed by atoms with E-state index in [1.54, 1.807) is 6.07 Å². The van der Waals surface area contributed by atoms with Crippen LogP contribution in [0.15, 0.2) is 22.7 Å². The average Bonchev–Trinajstić information content (AvgIpc) is 2.19. The summed E-state index contributed by atoms with van der Waals surface area (Å²) in [5.41, 5.74) is 1.71. The largest absolute Gasteiger partial charge is 0.393 e. The van der Waals surface area contributed by atoms with E-state index in [2.05, 4.69) is 21.2 Å². The summed E-state index contributed by atoms with van der Waals surface area (Å²) >= 11 is 3.40. The summed E-state index contributed by atoms with van der Waals surface area (Å²) in [6.07, 6.45) is 1.10. The third-order valence-electron chi connectivity index (χ3n) is 2.87. The standard InChI is InChI=1S/C12H14BrNO2/c1-7-4-8(2-3-11(7)13)12(16)14-9-5-10(15)6-9/h2-4,9-10,15H,5-6H2,1H3,(H,14,16). The van der Waals surface area contributed by atoms with Crippen LogP contribution in [-0.2, 0) is 0 Å². The van der Waals surface area contributed by atoms with E-state index in [-0.39, 0.29) is 18.1 Å². The van der Waals surface area contributed by atoms with Crippen LogP contribution in [0.2, 0.25) is 0 Å². The molecule has 2 rings (SSSR count). The Morgan fingerprint density at radius 2 is 2.19 bits per heavy atom. The van der Waals surface area contributed by atoms with Crippen molar-refractivity contribution < 1.29 is 9.90 Å². The molecule has 86 valence electrons. The van der Waals surface area contributed by atoms with Gasteiger partial charge in [-0.1, -0.05) is 15.9 Å². The molecule has 1 aromatic rings. The minimum Gasteiger partial charge on any atom is -0.393 e. The average molecular weight is 284 g/mol. The lowest BCUT2D eigenvalue weighted by Gasteiger charge is -2.31. The van der Waals surface area contributed by atoms with Gasteiger partial charge in [0.15, 0.2) is 0 Å². The van der Waals surface area contributed by atoms with Crippen LogP contribution < -0.4 is 5.32 Å². The van der Waals surface area contributed by atoms with Gasteiger partial charge in [0.1, 0.15) is 0 Å². The van der Waals surface area contributed by atoms with Gasteiger partial charge in [-0.3, -0.25) is 4.79 Å². The van der Waals surface area contributed by atoms with Gasteiger partial charge >= 0.3 is 0 Å². The molecule has 0 aliphatic heterocycles. The Labute approximate surface area is 103 Å². The van der Waals surface area contributed by atoms with Crippen molar-refractivity contribution in [2.24, 2.45) is 0 Å². The summed E-state index contributed by atoms with van der Waals surface area (Å²) in [6, 6.07) is 5.65. The highest BCUT2D eigenvalue weighted by molar-refractivity contribution is 9.10. The number of carbonyl (C=O) groups excluding carboxylic acids is 1. The maximum atomic E-state index is 11.8. The first-order chi connectivity index (χ1) is 7.56. The Morgan fingerprint density at radius 3 is 2.75 bits per heavy atom. The number of halogens is 1. The molecule has 3 nitrogen and oxygen atoms in total. The van der Waals surface area contributed by atoms with Crippen LogP contribution in [0.1, 0.15) is 28.8 Å². The molecule has 1 amide bonds. The fraction of sp³-hybridized carbons (Fsp3) is 0.417. The third kappa shape index (κ3) is 2.44. The highest BCUT2D eigenvalue weighted by Gasteiger charge is 2.28. The first-order valence-corrected chi connectivity index (χ1v) is 6.10. The van der Waals surface area contributed by atoms with E-state index in [0.29, 0.717) is 18.4 Å². The molecule has 0 radical (unpaired) electrons. The maximum absolute atomic E-state index is 11.8. The number of aryl methyl sites for hydroxylation is 1. The summed E-state index contributed by atoms with van der Waals surface area (Å²) in [5, 5.41) is 12.0. The van der Waals surface area contributed by atoms with Crippen molar-refractivity contribution in [3.05, 3.63) is 33.8 Å². The molecule has 2 N–H and O–H groups in total. The maximum Gasteiger partial charge on any atom is 0.251 e. The summed E-state index contributed by atoms with van der Waals surface area (Å²) in [5.74, 6) is -0.0625. The van der Waals surface area contributed by atoms with Gasteiger partial charge in [0.25, 0.3) is 5.91 Å². The molecule has 1 aliphatic rings. The van der Waals surface area contributed by atoms with Gasteiger partial charge in [0.2, 0.25) is 0 Å². The van der Waals surface area contributed by atoms with Crippen LogP contribution in [0.3, 0.4) is 0 Å². The van der Waals surface area contributed by atoms with Gasteiger partial charge in [0.05, 0.1) is 6.10 Å². The number of nitrogens with one attached hydrogen (secondary N) is 1. The van der Waals surface area contributed by atoms with E-state index in [4.69, 9.17) is 5.11 Å². The molecule has 16 heavy (non-hydrogen) atoms. The number of aliphatic hydroxyl groups excluding tert-OH is 1. The SMILES string of the molecule is Cc1cc(C(=O)NC2CC(O)C2)ccc1Br. The van der Waals surface area contributed by atoms with Gasteiger partial charge in [-0.15, -0.1) is 0 Å². The number of aliphatic hydroxyl groups is 1. The lowest BCUT2D eigenvalue weighted by molar-refractivity contribution is 0.0562. The predicted molar refractivity (Wildman–Crippen MR) is 65.4 cm³/mol. The van der Waals surface area contributed by atoms with Gasteiger partial charge in [-0.2, -0.15) is 0 Å². The first-order valence-electron chi connectivity index (χ1n) is 5.31. The molecule has 1 saturated carbocycles. The molecular weight excluding hydrogens is 270 g/mol. The van der Waals surface area contributed by atoms with Crippen molar-refractivity contribution in [3.8, 4) is 0 Å². The minimum atomic E-state index is -0.239. The van der Waals surface area contributed by atoms with Crippen LogP contribution in [0.4, 0.5) is 0 Å². The van der Waals surface area contributed by atoms with E-state index in [1.165, 1.54) is 0 Å². The van der Waals surface area contributed by atoms with Crippen molar-refractivity contribution in [2.75, 3.05) is 0 Å². The van der Waals surface area contributed by atoms with Gasteiger partial charge < -0.3 is 10.4 Å². The van der Waals surface area contributed by atoms with Crippen LogP contribution in [-0.4, -0.2) is 23.2 Å². The number of rotatable bonds is 2. The molecule has 1 fully saturated rings. The monoisotopic (exact) mass is 283 g/mol. The summed E-state index contributed by atoms with van der Waals surface area (Å²) in [7, 11) is 0. The number of carbonyl (C=O) groups is 1. The number of amides is 1. The number of hydrogen-bond donors (Lipinski definition) is 2. The quantitative estimate of drug-likeness (QED) is 0.872. The molecule has 0 bridgehead atoms. The lowest BCUT2D eigenvalue weighted by atomic mass is 9.89. The zero-order valence-electron chi connectivity index (χ0n) is 9.03. The van der Waals surface area contributed by atoms with Gasteiger partial charge in [-0.25, -0.2) is 0 Å². The van der Waals surface area contributed by atoms with E-state index in [0.717, 1.165) is 10.0 Å².